The fraction of sp³-hybridized carbons (Fsp3) is 0.545. The van der Waals surface area contributed by atoms with Crippen LogP contribution in [0, 0.1) is 0 Å². The maximum absolute atomic E-state index is 11.6. The van der Waals surface area contributed by atoms with Gasteiger partial charge in [-0.15, -0.1) is 11.3 Å². The molecule has 0 aliphatic carbocycles. The highest BCUT2D eigenvalue weighted by atomic mass is 79.9. The molecular weight excluding hydrogens is 290 g/mol. The Kier molecular flexibility index (Phi) is 6.68. The lowest BCUT2D eigenvalue weighted by Gasteiger charge is -2.03. The van der Waals surface area contributed by atoms with Gasteiger partial charge in [0.2, 0.25) is 0 Å². The number of nitrogens with one attached hydrogen (secondary N) is 1. The first-order chi connectivity index (χ1) is 7.77. The summed E-state index contributed by atoms with van der Waals surface area (Å²) in [7, 11) is 0. The zero-order valence-corrected chi connectivity index (χ0v) is 11.7. The molecule has 0 saturated heterocycles. The summed E-state index contributed by atoms with van der Waals surface area (Å²) in [4.78, 5) is 13.7. The highest BCUT2D eigenvalue weighted by molar-refractivity contribution is 9.09. The number of alkyl halides is 1. The second kappa shape index (κ2) is 7.81. The summed E-state index contributed by atoms with van der Waals surface area (Å²) < 4.78 is 5.24. The topological polar surface area (TPSA) is 38.3 Å². The van der Waals surface area contributed by atoms with E-state index in [9.17, 15) is 4.79 Å². The molecule has 1 aromatic heterocycles. The van der Waals surface area contributed by atoms with Crippen LogP contribution in [0.5, 0.6) is 0 Å². The molecule has 0 unspecified atom stereocenters. The molecule has 1 heterocycles. The summed E-state index contributed by atoms with van der Waals surface area (Å²) in [6.45, 7) is 3.88. The Morgan fingerprint density at radius 2 is 2.31 bits per heavy atom. The molecule has 1 amide bonds. The van der Waals surface area contributed by atoms with Gasteiger partial charge in [-0.3, -0.25) is 4.79 Å². The van der Waals surface area contributed by atoms with E-state index >= 15 is 0 Å². The molecule has 5 heteroatoms. The number of aryl methyl sites for hydroxylation is 1. The minimum Gasteiger partial charge on any atom is -0.379 e. The molecule has 1 rings (SSSR count). The van der Waals surface area contributed by atoms with Crippen molar-refractivity contribution in [3.63, 3.8) is 0 Å². The smallest absolute Gasteiger partial charge is 0.261 e. The monoisotopic (exact) mass is 305 g/mol. The zero-order chi connectivity index (χ0) is 11.8. The van der Waals surface area contributed by atoms with Gasteiger partial charge in [0.25, 0.3) is 5.91 Å². The number of hydrogen-bond acceptors (Lipinski definition) is 3. The van der Waals surface area contributed by atoms with E-state index in [1.165, 1.54) is 4.88 Å². The van der Waals surface area contributed by atoms with E-state index < -0.39 is 0 Å². The number of rotatable bonds is 7. The first kappa shape index (κ1) is 13.7. The molecule has 0 saturated carbocycles. The summed E-state index contributed by atoms with van der Waals surface area (Å²) in [5, 5.41) is 3.65. The normalized spacial score (nSPS) is 10.4. The van der Waals surface area contributed by atoms with Crippen molar-refractivity contribution in [2.45, 2.75) is 13.3 Å². The Balaban J connectivity index is 2.24. The predicted molar refractivity (Wildman–Crippen MR) is 70.6 cm³/mol. The first-order valence-electron chi connectivity index (χ1n) is 5.28. The first-order valence-corrected chi connectivity index (χ1v) is 7.22. The molecule has 0 aliphatic rings. The van der Waals surface area contributed by atoms with Crippen molar-refractivity contribution in [1.82, 2.24) is 5.32 Å². The lowest BCUT2D eigenvalue weighted by atomic mass is 10.3. The molecule has 0 aromatic carbocycles. The quantitative estimate of drug-likeness (QED) is 0.621. The lowest BCUT2D eigenvalue weighted by Crippen LogP contribution is -2.26. The van der Waals surface area contributed by atoms with E-state index in [0.717, 1.165) is 16.6 Å². The molecule has 16 heavy (non-hydrogen) atoms. The number of carbonyl (C=O) groups is 1. The van der Waals surface area contributed by atoms with Crippen molar-refractivity contribution < 1.29 is 9.53 Å². The van der Waals surface area contributed by atoms with Gasteiger partial charge in [-0.1, -0.05) is 22.9 Å². The number of carbonyl (C=O) groups excluding carboxylic acids is 1. The van der Waals surface area contributed by atoms with Gasteiger partial charge < -0.3 is 10.1 Å². The second-order valence-electron chi connectivity index (χ2n) is 3.18. The average molecular weight is 306 g/mol. The Hall–Kier alpha value is -0.390. The number of thiophene rings is 1. The third-order valence-electron chi connectivity index (χ3n) is 1.99. The van der Waals surface area contributed by atoms with Crippen LogP contribution >= 0.6 is 27.3 Å². The summed E-state index contributed by atoms with van der Waals surface area (Å²) in [5.74, 6) is -0.00728. The van der Waals surface area contributed by atoms with E-state index in [-0.39, 0.29) is 5.91 Å². The number of amides is 1. The van der Waals surface area contributed by atoms with Crippen LogP contribution in [0.25, 0.3) is 0 Å². The average Bonchev–Trinajstić information content (AvgIpc) is 2.77. The SMILES string of the molecule is CCc1ccc(C(=O)NCCOCCBr)s1. The molecule has 3 nitrogen and oxygen atoms in total. The van der Waals surface area contributed by atoms with Crippen LogP contribution in [-0.4, -0.2) is 31.0 Å². The van der Waals surface area contributed by atoms with Crippen molar-refractivity contribution in [2.24, 2.45) is 0 Å². The minimum atomic E-state index is -0.00728. The van der Waals surface area contributed by atoms with Crippen LogP contribution in [0.4, 0.5) is 0 Å². The predicted octanol–water partition coefficient (Wildman–Crippen LogP) is 2.45. The van der Waals surface area contributed by atoms with Crippen LogP contribution in [0.2, 0.25) is 0 Å². The third kappa shape index (κ3) is 4.63. The van der Waals surface area contributed by atoms with E-state index in [2.05, 4.69) is 28.2 Å². The molecular formula is C11H16BrNO2S. The molecule has 0 radical (unpaired) electrons. The van der Waals surface area contributed by atoms with Crippen LogP contribution in [-0.2, 0) is 11.2 Å². The maximum atomic E-state index is 11.6. The molecule has 1 N–H and O–H groups in total. The van der Waals surface area contributed by atoms with Gasteiger partial charge in [-0.2, -0.15) is 0 Å². The fourth-order valence-electron chi connectivity index (χ4n) is 1.17. The molecule has 1 aromatic rings. The summed E-state index contributed by atoms with van der Waals surface area (Å²) in [6.07, 6.45) is 0.978. The van der Waals surface area contributed by atoms with E-state index in [0.29, 0.717) is 19.8 Å². The molecule has 0 spiro atoms. The van der Waals surface area contributed by atoms with Gasteiger partial charge in [0.05, 0.1) is 18.1 Å². The molecule has 0 atom stereocenters. The summed E-state index contributed by atoms with van der Waals surface area (Å²) >= 11 is 4.82. The standard InChI is InChI=1S/C11H16BrNO2S/c1-2-9-3-4-10(16-9)11(14)13-6-8-15-7-5-12/h3-4H,2,5-8H2,1H3,(H,13,14). The van der Waals surface area contributed by atoms with Crippen LogP contribution in [0.15, 0.2) is 12.1 Å². The Morgan fingerprint density at radius 3 is 2.94 bits per heavy atom. The third-order valence-corrected chi connectivity index (χ3v) is 3.54. The van der Waals surface area contributed by atoms with Gasteiger partial charge in [0.15, 0.2) is 0 Å². The lowest BCUT2D eigenvalue weighted by molar-refractivity contribution is 0.0928. The molecule has 90 valence electrons. The Bertz CT molecular complexity index is 328. The van der Waals surface area contributed by atoms with Crippen molar-refractivity contribution in [3.05, 3.63) is 21.9 Å². The van der Waals surface area contributed by atoms with Crippen LogP contribution in [0.3, 0.4) is 0 Å². The van der Waals surface area contributed by atoms with Gasteiger partial charge in [0, 0.05) is 16.8 Å². The molecule has 0 aliphatic heterocycles. The fourth-order valence-corrected chi connectivity index (χ4v) is 2.26. The molecule has 0 fully saturated rings. The largest absolute Gasteiger partial charge is 0.379 e. The maximum Gasteiger partial charge on any atom is 0.261 e. The van der Waals surface area contributed by atoms with Crippen molar-refractivity contribution in [3.8, 4) is 0 Å². The van der Waals surface area contributed by atoms with Gasteiger partial charge >= 0.3 is 0 Å². The molecule has 0 bridgehead atoms. The zero-order valence-electron chi connectivity index (χ0n) is 9.29. The van der Waals surface area contributed by atoms with E-state index in [4.69, 9.17) is 4.74 Å². The van der Waals surface area contributed by atoms with Gasteiger partial charge in [-0.25, -0.2) is 0 Å². The van der Waals surface area contributed by atoms with E-state index in [1.807, 2.05) is 12.1 Å². The second-order valence-corrected chi connectivity index (χ2v) is 5.14. The number of halogens is 1. The minimum absolute atomic E-state index is 0.00728. The number of ether oxygens (including phenoxy) is 1. The highest BCUT2D eigenvalue weighted by Gasteiger charge is 2.07. The van der Waals surface area contributed by atoms with Crippen molar-refractivity contribution >= 4 is 33.2 Å². The number of hydrogen-bond donors (Lipinski definition) is 1. The Morgan fingerprint density at radius 1 is 1.50 bits per heavy atom. The van der Waals surface area contributed by atoms with Crippen molar-refractivity contribution in [1.29, 1.82) is 0 Å². The highest BCUT2D eigenvalue weighted by Crippen LogP contribution is 2.16. The van der Waals surface area contributed by atoms with Crippen molar-refractivity contribution in [2.75, 3.05) is 25.1 Å². The van der Waals surface area contributed by atoms with Gasteiger partial charge in [0.1, 0.15) is 0 Å². The van der Waals surface area contributed by atoms with Crippen LogP contribution < -0.4 is 5.32 Å². The van der Waals surface area contributed by atoms with E-state index in [1.54, 1.807) is 11.3 Å². The Labute approximate surface area is 108 Å². The van der Waals surface area contributed by atoms with Crippen LogP contribution in [0.1, 0.15) is 21.5 Å². The van der Waals surface area contributed by atoms with Gasteiger partial charge in [-0.05, 0) is 18.6 Å². The summed E-state index contributed by atoms with van der Waals surface area (Å²) in [6, 6.07) is 3.87. The summed E-state index contributed by atoms with van der Waals surface area (Å²) in [5.41, 5.74) is 0.